The summed E-state index contributed by atoms with van der Waals surface area (Å²) in [5, 5.41) is 8.17. The molecular weight excluding hydrogens is 324 g/mol. The topological polar surface area (TPSA) is 43.2 Å². The van der Waals surface area contributed by atoms with E-state index in [9.17, 15) is 0 Å². The number of rotatable bonds is 6. The van der Waals surface area contributed by atoms with Crippen LogP contribution in [0.2, 0.25) is 0 Å². The molecule has 2 heterocycles. The van der Waals surface area contributed by atoms with Crippen molar-refractivity contribution in [2.75, 3.05) is 26.2 Å². The first-order chi connectivity index (χ1) is 12.8. The second kappa shape index (κ2) is 7.87. The molecular formula is C21H26N4O. The zero-order chi connectivity index (χ0) is 17.8. The predicted molar refractivity (Wildman–Crippen MR) is 103 cm³/mol. The monoisotopic (exact) mass is 350 g/mol. The predicted octanol–water partition coefficient (Wildman–Crippen LogP) is 3.44. The zero-order valence-corrected chi connectivity index (χ0v) is 15.3. The van der Waals surface area contributed by atoms with E-state index in [0.717, 1.165) is 24.0 Å². The van der Waals surface area contributed by atoms with E-state index in [1.807, 2.05) is 24.3 Å². The molecule has 136 valence electrons. The number of fused-ring (bicyclic) bond motifs is 1. The van der Waals surface area contributed by atoms with Gasteiger partial charge in [0, 0.05) is 6.54 Å². The van der Waals surface area contributed by atoms with Crippen molar-refractivity contribution in [2.45, 2.75) is 32.1 Å². The molecule has 1 aliphatic rings. The number of hydrogen-bond donors (Lipinski definition) is 0. The van der Waals surface area contributed by atoms with Crippen LogP contribution in [-0.2, 0) is 0 Å². The highest BCUT2D eigenvalue weighted by atomic mass is 16.7. The van der Waals surface area contributed by atoms with Crippen molar-refractivity contribution in [3.8, 4) is 0 Å². The maximum atomic E-state index is 5.77. The van der Waals surface area contributed by atoms with Gasteiger partial charge in [0.05, 0.1) is 0 Å². The highest BCUT2D eigenvalue weighted by molar-refractivity contribution is 5.73. The first-order valence-corrected chi connectivity index (χ1v) is 9.52. The summed E-state index contributed by atoms with van der Waals surface area (Å²) < 4.78 is 0. The first kappa shape index (κ1) is 17.0. The van der Waals surface area contributed by atoms with Crippen LogP contribution in [0.5, 0.6) is 0 Å². The summed E-state index contributed by atoms with van der Waals surface area (Å²) in [5.41, 5.74) is 4.66. The number of nitrogens with zero attached hydrogens (tertiary/aromatic N) is 4. The van der Waals surface area contributed by atoms with E-state index in [1.165, 1.54) is 37.1 Å². The second-order valence-electron chi connectivity index (χ2n) is 7.17. The van der Waals surface area contributed by atoms with Gasteiger partial charge in [-0.1, -0.05) is 46.8 Å². The molecule has 1 aromatic heterocycles. The van der Waals surface area contributed by atoms with Crippen molar-refractivity contribution in [3.05, 3.63) is 59.7 Å². The van der Waals surface area contributed by atoms with Gasteiger partial charge < -0.3 is 9.74 Å². The van der Waals surface area contributed by atoms with Gasteiger partial charge in [-0.2, -0.15) is 0 Å². The van der Waals surface area contributed by atoms with E-state index >= 15 is 0 Å². The van der Waals surface area contributed by atoms with Gasteiger partial charge in [0.15, 0.2) is 0 Å². The third-order valence-corrected chi connectivity index (χ3v) is 5.25. The fourth-order valence-electron chi connectivity index (χ4n) is 3.80. The van der Waals surface area contributed by atoms with Crippen LogP contribution >= 0.6 is 0 Å². The van der Waals surface area contributed by atoms with Crippen LogP contribution in [0.1, 0.15) is 36.3 Å². The molecule has 0 spiro atoms. The number of aromatic nitrogens is 3. The number of hydrogen-bond acceptors (Lipinski definition) is 4. The van der Waals surface area contributed by atoms with Crippen LogP contribution in [0, 0.1) is 6.92 Å². The highest BCUT2D eigenvalue weighted by Gasteiger charge is 2.20. The van der Waals surface area contributed by atoms with E-state index in [-0.39, 0.29) is 0 Å². The Morgan fingerprint density at radius 3 is 2.77 bits per heavy atom. The number of likely N-dealkylation sites (tertiary alicyclic amines) is 1. The van der Waals surface area contributed by atoms with Crippen LogP contribution in [0.4, 0.5) is 0 Å². The van der Waals surface area contributed by atoms with Gasteiger partial charge in [-0.05, 0) is 68.1 Å². The third kappa shape index (κ3) is 3.88. The minimum absolute atomic E-state index is 0.658. The Hall–Kier alpha value is -2.40. The van der Waals surface area contributed by atoms with Gasteiger partial charge in [-0.3, -0.25) is 0 Å². The van der Waals surface area contributed by atoms with Gasteiger partial charge in [-0.25, -0.2) is 0 Å². The molecule has 4 rings (SSSR count). The molecule has 26 heavy (non-hydrogen) atoms. The number of aryl methyl sites for hydroxylation is 1. The van der Waals surface area contributed by atoms with Gasteiger partial charge in [0.25, 0.3) is 0 Å². The van der Waals surface area contributed by atoms with Gasteiger partial charge in [-0.15, -0.1) is 5.10 Å². The maximum Gasteiger partial charge on any atom is 0.130 e. The molecule has 1 aliphatic heterocycles. The van der Waals surface area contributed by atoms with Crippen molar-refractivity contribution >= 4 is 11.0 Å². The van der Waals surface area contributed by atoms with Crippen LogP contribution < -0.4 is 4.84 Å². The van der Waals surface area contributed by atoms with Gasteiger partial charge >= 0.3 is 0 Å². The molecule has 0 atom stereocenters. The largest absolute Gasteiger partial charge is 0.395 e. The molecule has 0 aliphatic carbocycles. The molecule has 0 bridgehead atoms. The Bertz CT molecular complexity index is 852. The summed E-state index contributed by atoms with van der Waals surface area (Å²) in [4.78, 5) is 9.86. The lowest BCUT2D eigenvalue weighted by Crippen LogP contribution is -2.34. The molecule has 0 unspecified atom stereocenters. The second-order valence-corrected chi connectivity index (χ2v) is 7.17. The van der Waals surface area contributed by atoms with Gasteiger partial charge in [0.1, 0.15) is 17.6 Å². The lowest BCUT2D eigenvalue weighted by molar-refractivity contribution is 0.0767. The van der Waals surface area contributed by atoms with Crippen molar-refractivity contribution in [1.82, 2.24) is 20.1 Å². The third-order valence-electron chi connectivity index (χ3n) is 5.25. The van der Waals surface area contributed by atoms with E-state index < -0.39 is 0 Å². The summed E-state index contributed by atoms with van der Waals surface area (Å²) in [7, 11) is 0. The van der Waals surface area contributed by atoms with Crippen molar-refractivity contribution < 1.29 is 4.84 Å². The van der Waals surface area contributed by atoms with Crippen LogP contribution in [0.15, 0.2) is 48.5 Å². The molecule has 5 heteroatoms. The van der Waals surface area contributed by atoms with Crippen molar-refractivity contribution in [1.29, 1.82) is 0 Å². The van der Waals surface area contributed by atoms with Crippen LogP contribution in [0.25, 0.3) is 11.0 Å². The zero-order valence-electron chi connectivity index (χ0n) is 15.3. The fourth-order valence-corrected chi connectivity index (χ4v) is 3.80. The first-order valence-electron chi connectivity index (χ1n) is 9.52. The minimum Gasteiger partial charge on any atom is -0.395 e. The molecule has 1 saturated heterocycles. The molecule has 3 aromatic rings. The summed E-state index contributed by atoms with van der Waals surface area (Å²) in [6.07, 6.45) is 3.50. The molecule has 2 aromatic carbocycles. The fraction of sp³-hybridized carbons (Fsp3) is 0.429. The summed E-state index contributed by atoms with van der Waals surface area (Å²) in [6, 6.07) is 16.8. The quantitative estimate of drug-likeness (QED) is 0.639. The molecule has 0 N–H and O–H groups in total. The number of para-hydroxylation sites is 1. The summed E-state index contributed by atoms with van der Waals surface area (Å²) >= 11 is 0. The lowest BCUT2D eigenvalue weighted by atomic mass is 9.89. The average Bonchev–Trinajstić information content (AvgIpc) is 3.09. The number of benzene rings is 2. The standard InChI is InChI=1S/C21H26N4O/c1-17-6-4-7-19(16-17)18-10-13-24(14-11-18)12-5-15-26-25-21-9-3-2-8-20(21)22-23-25/h2-4,6-9,16,18H,5,10-15H2,1H3. The van der Waals surface area contributed by atoms with Gasteiger partial charge in [0.2, 0.25) is 0 Å². The SMILES string of the molecule is Cc1cccc(C2CCN(CCCOn3nnc4ccccc43)CC2)c1. The maximum absolute atomic E-state index is 5.77. The Balaban J connectivity index is 1.20. The molecule has 5 nitrogen and oxygen atoms in total. The normalized spacial score (nSPS) is 16.2. The number of piperidine rings is 1. The summed E-state index contributed by atoms with van der Waals surface area (Å²) in [6.45, 7) is 6.25. The van der Waals surface area contributed by atoms with E-state index in [2.05, 4.69) is 46.4 Å². The van der Waals surface area contributed by atoms with E-state index in [4.69, 9.17) is 4.84 Å². The van der Waals surface area contributed by atoms with Crippen LogP contribution in [0.3, 0.4) is 0 Å². The lowest BCUT2D eigenvalue weighted by Gasteiger charge is -2.32. The molecule has 0 saturated carbocycles. The Labute approximate surface area is 154 Å². The summed E-state index contributed by atoms with van der Waals surface area (Å²) in [5.74, 6) is 0.712. The average molecular weight is 350 g/mol. The minimum atomic E-state index is 0.658. The van der Waals surface area contributed by atoms with Crippen molar-refractivity contribution in [2.24, 2.45) is 0 Å². The van der Waals surface area contributed by atoms with E-state index in [0.29, 0.717) is 12.5 Å². The molecule has 1 fully saturated rings. The Morgan fingerprint density at radius 2 is 1.92 bits per heavy atom. The van der Waals surface area contributed by atoms with Crippen molar-refractivity contribution in [3.63, 3.8) is 0 Å². The van der Waals surface area contributed by atoms with Crippen LogP contribution in [-0.4, -0.2) is 46.3 Å². The van der Waals surface area contributed by atoms with E-state index in [1.54, 1.807) is 4.85 Å². The highest BCUT2D eigenvalue weighted by Crippen LogP contribution is 2.28. The molecule has 0 radical (unpaired) electrons. The Kier molecular flexibility index (Phi) is 5.16. The molecule has 0 amide bonds. The Morgan fingerprint density at radius 1 is 1.08 bits per heavy atom. The smallest absolute Gasteiger partial charge is 0.130 e.